The van der Waals surface area contributed by atoms with Crippen molar-refractivity contribution in [3.05, 3.63) is 84.6 Å². The molecule has 0 bridgehead atoms. The van der Waals surface area contributed by atoms with Crippen LogP contribution in [0, 0.1) is 0 Å². The van der Waals surface area contributed by atoms with Gasteiger partial charge in [-0.1, -0.05) is 54.6 Å². The van der Waals surface area contributed by atoms with Crippen molar-refractivity contribution >= 4 is 28.3 Å². The van der Waals surface area contributed by atoms with Gasteiger partial charge in [-0.2, -0.15) is 5.10 Å². The Kier molecular flexibility index (Phi) is 4.90. The first kappa shape index (κ1) is 17.3. The van der Waals surface area contributed by atoms with Crippen molar-refractivity contribution in [3.63, 3.8) is 0 Å². The summed E-state index contributed by atoms with van der Waals surface area (Å²) in [6.07, 6.45) is 1.95. The monoisotopic (exact) mass is 375 g/mol. The number of carbonyl (C=O) groups excluding carboxylic acids is 1. The minimum absolute atomic E-state index is 0.0574. The second-order valence-electron chi connectivity index (χ2n) is 6.26. The number of carbonyl (C=O) groups is 1. The number of nitrogens with one attached hydrogen (secondary N) is 1. The fraction of sp³-hybridized carbons (Fsp3) is 0.0909. The quantitative estimate of drug-likeness (QED) is 0.520. The number of nitrogens with zero attached hydrogens (tertiary/aromatic N) is 2. The maximum atomic E-state index is 11.6. The summed E-state index contributed by atoms with van der Waals surface area (Å²) in [6.45, 7) is 0.376. The molecule has 5 heteroatoms. The van der Waals surface area contributed by atoms with Gasteiger partial charge in [0, 0.05) is 23.9 Å². The van der Waals surface area contributed by atoms with Gasteiger partial charge >= 0.3 is 0 Å². The smallest absolute Gasteiger partial charge is 0.235 e. The number of hydrogen-bond acceptors (Lipinski definition) is 2. The van der Waals surface area contributed by atoms with Gasteiger partial charge in [-0.05, 0) is 29.0 Å². The van der Waals surface area contributed by atoms with E-state index in [9.17, 15) is 4.79 Å². The highest BCUT2D eigenvalue weighted by atomic mass is 35.5. The highest BCUT2D eigenvalue weighted by Crippen LogP contribution is 2.27. The van der Waals surface area contributed by atoms with Crippen molar-refractivity contribution in [1.29, 1.82) is 0 Å². The molecule has 1 amide bonds. The van der Waals surface area contributed by atoms with Gasteiger partial charge < -0.3 is 5.32 Å². The Morgan fingerprint density at radius 1 is 0.963 bits per heavy atom. The number of amides is 1. The van der Waals surface area contributed by atoms with Crippen molar-refractivity contribution in [3.8, 4) is 16.9 Å². The van der Waals surface area contributed by atoms with Gasteiger partial charge in [0.2, 0.25) is 5.91 Å². The molecule has 4 nitrogen and oxygen atoms in total. The van der Waals surface area contributed by atoms with Crippen LogP contribution in [0.2, 0.25) is 0 Å². The van der Waals surface area contributed by atoms with E-state index in [1.807, 2.05) is 53.3 Å². The van der Waals surface area contributed by atoms with Crippen LogP contribution < -0.4 is 5.32 Å². The van der Waals surface area contributed by atoms with E-state index >= 15 is 0 Å². The van der Waals surface area contributed by atoms with Crippen molar-refractivity contribution in [2.24, 2.45) is 0 Å². The van der Waals surface area contributed by atoms with Crippen LogP contribution in [0.1, 0.15) is 5.56 Å². The van der Waals surface area contributed by atoms with Crippen LogP contribution in [-0.2, 0) is 11.3 Å². The van der Waals surface area contributed by atoms with E-state index in [-0.39, 0.29) is 11.8 Å². The lowest BCUT2D eigenvalue weighted by Crippen LogP contribution is -2.23. The Bertz CT molecular complexity index is 1090. The molecule has 4 aromatic rings. The number of halogens is 1. The van der Waals surface area contributed by atoms with Crippen LogP contribution in [0.5, 0.6) is 0 Å². The van der Waals surface area contributed by atoms with E-state index in [4.69, 9.17) is 16.7 Å². The number of para-hydroxylation sites is 1. The van der Waals surface area contributed by atoms with E-state index in [1.165, 1.54) is 5.39 Å². The summed E-state index contributed by atoms with van der Waals surface area (Å²) in [7, 11) is 0. The molecule has 3 aromatic carbocycles. The second-order valence-corrected chi connectivity index (χ2v) is 6.52. The second kappa shape index (κ2) is 7.64. The fourth-order valence-electron chi connectivity index (χ4n) is 3.07. The van der Waals surface area contributed by atoms with Crippen molar-refractivity contribution in [1.82, 2.24) is 15.1 Å². The van der Waals surface area contributed by atoms with Crippen LogP contribution in [0.15, 0.2) is 79.0 Å². The summed E-state index contributed by atoms with van der Waals surface area (Å²) in [4.78, 5) is 11.6. The molecule has 0 radical (unpaired) electrons. The highest BCUT2D eigenvalue weighted by molar-refractivity contribution is 6.27. The van der Waals surface area contributed by atoms with Crippen molar-refractivity contribution in [2.45, 2.75) is 6.54 Å². The molecule has 0 saturated carbocycles. The Morgan fingerprint density at radius 2 is 1.70 bits per heavy atom. The Balaban J connectivity index is 1.78. The molecule has 0 aliphatic heterocycles. The lowest BCUT2D eigenvalue weighted by atomic mass is 10.0. The van der Waals surface area contributed by atoms with Gasteiger partial charge in [0.05, 0.1) is 11.4 Å². The van der Waals surface area contributed by atoms with E-state index in [0.29, 0.717) is 6.54 Å². The number of fused-ring (bicyclic) bond motifs is 1. The first-order chi connectivity index (χ1) is 13.2. The standard InChI is InChI=1S/C22H18ClN3O/c23-13-21(27)24-14-19-15-26(20-8-2-1-3-9-20)25-22(19)18-11-10-16-6-4-5-7-17(16)12-18/h1-12,15H,13-14H2,(H,24,27). The Hall–Kier alpha value is -3.11. The van der Waals surface area contributed by atoms with Crippen molar-refractivity contribution < 1.29 is 4.79 Å². The first-order valence-corrected chi connectivity index (χ1v) is 9.24. The van der Waals surface area contributed by atoms with Gasteiger partial charge in [-0.25, -0.2) is 4.68 Å². The lowest BCUT2D eigenvalue weighted by molar-refractivity contribution is -0.118. The molecule has 0 aliphatic rings. The molecule has 0 spiro atoms. The van der Waals surface area contributed by atoms with E-state index in [0.717, 1.165) is 27.9 Å². The topological polar surface area (TPSA) is 46.9 Å². The van der Waals surface area contributed by atoms with Gasteiger partial charge in [-0.15, -0.1) is 11.6 Å². The molecular formula is C22H18ClN3O. The highest BCUT2D eigenvalue weighted by Gasteiger charge is 2.13. The van der Waals surface area contributed by atoms with Gasteiger partial charge in [0.15, 0.2) is 0 Å². The molecule has 0 fully saturated rings. The minimum atomic E-state index is -0.200. The molecule has 1 N–H and O–H groups in total. The zero-order chi connectivity index (χ0) is 18.6. The molecule has 27 heavy (non-hydrogen) atoms. The van der Waals surface area contributed by atoms with E-state index < -0.39 is 0 Å². The Morgan fingerprint density at radius 3 is 2.48 bits per heavy atom. The molecular weight excluding hydrogens is 358 g/mol. The molecule has 134 valence electrons. The summed E-state index contributed by atoms with van der Waals surface area (Å²) >= 11 is 5.61. The predicted octanol–water partition coefficient (Wildman–Crippen LogP) is 4.55. The summed E-state index contributed by atoms with van der Waals surface area (Å²) in [5.41, 5.74) is 3.76. The molecule has 1 aromatic heterocycles. The first-order valence-electron chi connectivity index (χ1n) is 8.70. The van der Waals surface area contributed by atoms with Crippen LogP contribution >= 0.6 is 11.6 Å². The van der Waals surface area contributed by atoms with Gasteiger partial charge in [-0.3, -0.25) is 4.79 Å². The fourth-order valence-corrected chi connectivity index (χ4v) is 3.17. The number of benzene rings is 3. The summed E-state index contributed by atoms with van der Waals surface area (Å²) in [5, 5.41) is 9.96. The SMILES string of the molecule is O=C(CCl)NCc1cn(-c2ccccc2)nc1-c1ccc2ccccc2c1. The largest absolute Gasteiger partial charge is 0.351 e. The van der Waals surface area contributed by atoms with Crippen LogP contribution in [0.4, 0.5) is 0 Å². The summed E-state index contributed by atoms with van der Waals surface area (Å²) < 4.78 is 1.84. The van der Waals surface area contributed by atoms with Crippen LogP contribution in [0.3, 0.4) is 0 Å². The van der Waals surface area contributed by atoms with Crippen LogP contribution in [0.25, 0.3) is 27.7 Å². The minimum Gasteiger partial charge on any atom is -0.351 e. The van der Waals surface area contributed by atoms with Gasteiger partial charge in [0.1, 0.15) is 5.88 Å². The molecule has 4 rings (SSSR count). The average Bonchev–Trinajstić information content (AvgIpc) is 3.16. The molecule has 0 atom stereocenters. The third kappa shape index (κ3) is 3.71. The third-order valence-electron chi connectivity index (χ3n) is 4.43. The van der Waals surface area contributed by atoms with Crippen molar-refractivity contribution in [2.75, 3.05) is 5.88 Å². The molecule has 1 heterocycles. The molecule has 0 aliphatic carbocycles. The zero-order valence-corrected chi connectivity index (χ0v) is 15.4. The van der Waals surface area contributed by atoms with E-state index in [2.05, 4.69) is 35.6 Å². The zero-order valence-electron chi connectivity index (χ0n) is 14.6. The Labute approximate surface area is 162 Å². The summed E-state index contributed by atoms with van der Waals surface area (Å²) in [6, 6.07) is 24.4. The molecule has 0 unspecified atom stereocenters. The summed E-state index contributed by atoms with van der Waals surface area (Å²) in [5.74, 6) is -0.258. The third-order valence-corrected chi connectivity index (χ3v) is 4.67. The number of hydrogen-bond donors (Lipinski definition) is 1. The number of alkyl halides is 1. The maximum Gasteiger partial charge on any atom is 0.235 e. The molecule has 0 saturated heterocycles. The average molecular weight is 376 g/mol. The van der Waals surface area contributed by atoms with Gasteiger partial charge in [0.25, 0.3) is 0 Å². The van der Waals surface area contributed by atoms with Crippen LogP contribution in [-0.4, -0.2) is 21.6 Å². The maximum absolute atomic E-state index is 11.6. The normalized spacial score (nSPS) is 10.9. The predicted molar refractivity (Wildman–Crippen MR) is 109 cm³/mol. The van der Waals surface area contributed by atoms with E-state index in [1.54, 1.807) is 0 Å². The lowest BCUT2D eigenvalue weighted by Gasteiger charge is -2.05. The number of rotatable bonds is 5. The number of aromatic nitrogens is 2.